The summed E-state index contributed by atoms with van der Waals surface area (Å²) in [5.74, 6) is -0.0189. The standard InChI is InChI=1S/C18H20ClN3O3S/c19-15-2-1-3-17(13-15)26(24,25)22-10-8-21(9-11-22)18(23)12-14-4-6-16(20)7-5-14/h1-7,13H,8-12,20H2. The van der Waals surface area contributed by atoms with Crippen LogP contribution in [0.1, 0.15) is 5.56 Å². The highest BCUT2D eigenvalue weighted by Crippen LogP contribution is 2.21. The van der Waals surface area contributed by atoms with Crippen LogP contribution < -0.4 is 5.73 Å². The van der Waals surface area contributed by atoms with Crippen LogP contribution in [-0.2, 0) is 21.2 Å². The second-order valence-corrected chi connectivity index (χ2v) is 8.53. The van der Waals surface area contributed by atoms with Gasteiger partial charge in [-0.1, -0.05) is 29.8 Å². The van der Waals surface area contributed by atoms with Gasteiger partial charge in [0.2, 0.25) is 15.9 Å². The topological polar surface area (TPSA) is 83.7 Å². The van der Waals surface area contributed by atoms with Crippen molar-refractivity contribution in [2.45, 2.75) is 11.3 Å². The molecule has 0 radical (unpaired) electrons. The number of rotatable bonds is 4. The molecule has 0 spiro atoms. The van der Waals surface area contributed by atoms with E-state index >= 15 is 0 Å². The van der Waals surface area contributed by atoms with E-state index in [9.17, 15) is 13.2 Å². The van der Waals surface area contributed by atoms with Gasteiger partial charge in [-0.15, -0.1) is 0 Å². The molecule has 26 heavy (non-hydrogen) atoms. The van der Waals surface area contributed by atoms with Gasteiger partial charge in [-0.25, -0.2) is 8.42 Å². The number of hydrogen-bond acceptors (Lipinski definition) is 4. The number of piperazine rings is 1. The number of nitrogens with two attached hydrogens (primary N) is 1. The predicted octanol–water partition coefficient (Wildman–Crippen LogP) is 2.00. The third kappa shape index (κ3) is 4.17. The van der Waals surface area contributed by atoms with Gasteiger partial charge in [0.1, 0.15) is 0 Å². The number of carbonyl (C=O) groups excluding carboxylic acids is 1. The minimum Gasteiger partial charge on any atom is -0.399 e. The van der Waals surface area contributed by atoms with Crippen LogP contribution in [0, 0.1) is 0 Å². The van der Waals surface area contributed by atoms with E-state index in [4.69, 9.17) is 17.3 Å². The summed E-state index contributed by atoms with van der Waals surface area (Å²) in [6.07, 6.45) is 0.279. The number of sulfonamides is 1. The molecule has 0 unspecified atom stereocenters. The molecule has 0 atom stereocenters. The van der Waals surface area contributed by atoms with E-state index in [0.717, 1.165) is 5.56 Å². The third-order valence-electron chi connectivity index (χ3n) is 4.36. The van der Waals surface area contributed by atoms with Crippen LogP contribution in [-0.4, -0.2) is 49.7 Å². The Morgan fingerprint density at radius 1 is 1.04 bits per heavy atom. The third-order valence-corrected chi connectivity index (χ3v) is 6.49. The number of hydrogen-bond donors (Lipinski definition) is 1. The zero-order chi connectivity index (χ0) is 18.7. The van der Waals surface area contributed by atoms with Crippen molar-refractivity contribution in [2.24, 2.45) is 0 Å². The van der Waals surface area contributed by atoms with Crippen LogP contribution in [0.4, 0.5) is 5.69 Å². The maximum absolute atomic E-state index is 12.7. The van der Waals surface area contributed by atoms with E-state index in [1.165, 1.54) is 16.4 Å². The number of benzene rings is 2. The molecule has 1 aliphatic rings. The van der Waals surface area contributed by atoms with E-state index in [0.29, 0.717) is 23.8 Å². The summed E-state index contributed by atoms with van der Waals surface area (Å²) in [6.45, 7) is 1.27. The summed E-state index contributed by atoms with van der Waals surface area (Å²) < 4.78 is 26.8. The average Bonchev–Trinajstić information content (AvgIpc) is 2.64. The minimum atomic E-state index is -3.60. The molecule has 3 rings (SSSR count). The molecule has 8 heteroatoms. The normalized spacial score (nSPS) is 15.8. The van der Waals surface area contributed by atoms with E-state index < -0.39 is 10.0 Å². The Kier molecular flexibility index (Phi) is 5.50. The van der Waals surface area contributed by atoms with Crippen LogP contribution in [0.2, 0.25) is 5.02 Å². The second-order valence-electron chi connectivity index (χ2n) is 6.16. The predicted molar refractivity (Wildman–Crippen MR) is 101 cm³/mol. The van der Waals surface area contributed by atoms with Gasteiger partial charge in [-0.05, 0) is 35.9 Å². The molecule has 2 aromatic carbocycles. The first-order valence-corrected chi connectivity index (χ1v) is 10.1. The van der Waals surface area contributed by atoms with Crippen LogP contribution in [0.5, 0.6) is 0 Å². The Bertz CT molecular complexity index is 892. The maximum atomic E-state index is 12.7. The number of amides is 1. The number of nitrogen functional groups attached to an aromatic ring is 1. The van der Waals surface area contributed by atoms with Gasteiger partial charge in [0.25, 0.3) is 0 Å². The van der Waals surface area contributed by atoms with Gasteiger partial charge in [-0.2, -0.15) is 4.31 Å². The monoisotopic (exact) mass is 393 g/mol. The maximum Gasteiger partial charge on any atom is 0.243 e. The van der Waals surface area contributed by atoms with E-state index in [1.54, 1.807) is 29.2 Å². The Balaban J connectivity index is 1.61. The Hall–Kier alpha value is -2.09. The lowest BCUT2D eigenvalue weighted by Crippen LogP contribution is -2.50. The molecule has 1 heterocycles. The summed E-state index contributed by atoms with van der Waals surface area (Å²) in [5, 5.41) is 0.378. The summed E-state index contributed by atoms with van der Waals surface area (Å²) in [6, 6.07) is 13.4. The first kappa shape index (κ1) is 18.7. The Labute approximate surface area is 158 Å². The number of nitrogens with zero attached hydrogens (tertiary/aromatic N) is 2. The van der Waals surface area contributed by atoms with E-state index in [-0.39, 0.29) is 30.3 Å². The van der Waals surface area contributed by atoms with Crippen molar-refractivity contribution in [3.05, 3.63) is 59.1 Å². The summed E-state index contributed by atoms with van der Waals surface area (Å²) in [4.78, 5) is 14.3. The highest BCUT2D eigenvalue weighted by atomic mass is 35.5. The molecule has 1 amide bonds. The summed E-state index contributed by atoms with van der Waals surface area (Å²) in [7, 11) is -3.60. The molecule has 1 saturated heterocycles. The lowest BCUT2D eigenvalue weighted by Gasteiger charge is -2.34. The summed E-state index contributed by atoms with van der Waals surface area (Å²) >= 11 is 5.90. The molecule has 2 aromatic rings. The fourth-order valence-corrected chi connectivity index (χ4v) is 4.60. The lowest BCUT2D eigenvalue weighted by molar-refractivity contribution is -0.131. The number of anilines is 1. The van der Waals surface area contributed by atoms with Crippen LogP contribution in [0.15, 0.2) is 53.4 Å². The molecule has 6 nitrogen and oxygen atoms in total. The molecule has 0 saturated carbocycles. The second kappa shape index (κ2) is 7.65. The van der Waals surface area contributed by atoms with Crippen molar-refractivity contribution >= 4 is 33.2 Å². The van der Waals surface area contributed by atoms with Crippen molar-refractivity contribution in [1.82, 2.24) is 9.21 Å². The largest absolute Gasteiger partial charge is 0.399 e. The van der Waals surface area contributed by atoms with Crippen molar-refractivity contribution < 1.29 is 13.2 Å². The highest BCUT2D eigenvalue weighted by molar-refractivity contribution is 7.89. The summed E-state index contributed by atoms with van der Waals surface area (Å²) in [5.41, 5.74) is 7.19. The van der Waals surface area contributed by atoms with Crippen molar-refractivity contribution in [1.29, 1.82) is 0 Å². The van der Waals surface area contributed by atoms with Gasteiger partial charge in [-0.3, -0.25) is 4.79 Å². The first-order valence-electron chi connectivity index (χ1n) is 8.24. The number of halogens is 1. The quantitative estimate of drug-likeness (QED) is 0.805. The smallest absolute Gasteiger partial charge is 0.243 e. The van der Waals surface area contributed by atoms with Crippen LogP contribution in [0.3, 0.4) is 0 Å². The molecule has 0 aromatic heterocycles. The average molecular weight is 394 g/mol. The van der Waals surface area contributed by atoms with Crippen LogP contribution in [0.25, 0.3) is 0 Å². The SMILES string of the molecule is Nc1ccc(CC(=O)N2CCN(S(=O)(=O)c3cccc(Cl)c3)CC2)cc1. The van der Waals surface area contributed by atoms with Gasteiger partial charge in [0, 0.05) is 36.9 Å². The molecule has 1 fully saturated rings. The zero-order valence-corrected chi connectivity index (χ0v) is 15.7. The molecule has 0 aliphatic carbocycles. The van der Waals surface area contributed by atoms with Gasteiger partial charge < -0.3 is 10.6 Å². The van der Waals surface area contributed by atoms with Crippen molar-refractivity contribution in [2.75, 3.05) is 31.9 Å². The van der Waals surface area contributed by atoms with Gasteiger partial charge in [0.15, 0.2) is 0 Å². The molecular formula is C18H20ClN3O3S. The van der Waals surface area contributed by atoms with E-state index in [2.05, 4.69) is 0 Å². The molecule has 1 aliphatic heterocycles. The first-order chi connectivity index (χ1) is 12.4. The molecule has 0 bridgehead atoms. The fraction of sp³-hybridized carbons (Fsp3) is 0.278. The lowest BCUT2D eigenvalue weighted by atomic mass is 10.1. The van der Waals surface area contributed by atoms with E-state index in [1.807, 2.05) is 12.1 Å². The Morgan fingerprint density at radius 2 is 1.69 bits per heavy atom. The van der Waals surface area contributed by atoms with Gasteiger partial charge >= 0.3 is 0 Å². The zero-order valence-electron chi connectivity index (χ0n) is 14.1. The fourth-order valence-electron chi connectivity index (χ4n) is 2.88. The highest BCUT2D eigenvalue weighted by Gasteiger charge is 2.30. The van der Waals surface area contributed by atoms with Crippen molar-refractivity contribution in [3.63, 3.8) is 0 Å². The minimum absolute atomic E-state index is 0.0189. The van der Waals surface area contributed by atoms with Gasteiger partial charge in [0.05, 0.1) is 11.3 Å². The molecular weight excluding hydrogens is 374 g/mol. The van der Waals surface area contributed by atoms with Crippen molar-refractivity contribution in [3.8, 4) is 0 Å². The molecule has 2 N–H and O–H groups in total. The molecule has 138 valence electrons. The van der Waals surface area contributed by atoms with Crippen LogP contribution >= 0.6 is 11.6 Å². The Morgan fingerprint density at radius 3 is 2.31 bits per heavy atom. The number of carbonyl (C=O) groups is 1.